The van der Waals surface area contributed by atoms with Gasteiger partial charge in [-0.1, -0.05) is 12.8 Å². The predicted octanol–water partition coefficient (Wildman–Crippen LogP) is 1.65. The molecule has 20 heavy (non-hydrogen) atoms. The van der Waals surface area contributed by atoms with E-state index < -0.39 is 0 Å². The van der Waals surface area contributed by atoms with Crippen molar-refractivity contribution in [2.75, 3.05) is 13.7 Å². The number of carbonyl (C=O) groups is 1. The lowest BCUT2D eigenvalue weighted by molar-refractivity contribution is 0.0907. The minimum Gasteiger partial charge on any atom is -0.504 e. The first-order valence-corrected chi connectivity index (χ1v) is 7.03. The second kappa shape index (κ2) is 6.61. The van der Waals surface area contributed by atoms with E-state index in [0.717, 1.165) is 19.3 Å². The van der Waals surface area contributed by atoms with Gasteiger partial charge in [-0.25, -0.2) is 0 Å². The first kappa shape index (κ1) is 14.7. The molecule has 0 spiro atoms. The molecule has 1 amide bonds. The Hall–Kier alpha value is -1.75. The Balaban J connectivity index is 2.05. The summed E-state index contributed by atoms with van der Waals surface area (Å²) in [6.45, 7) is 0.596. The topological polar surface area (TPSA) is 84.6 Å². The molecule has 0 heterocycles. The molecule has 4 N–H and O–H groups in total. The Morgan fingerprint density at radius 1 is 1.45 bits per heavy atom. The summed E-state index contributed by atoms with van der Waals surface area (Å²) in [4.78, 5) is 12.2. The summed E-state index contributed by atoms with van der Waals surface area (Å²) in [5, 5.41) is 12.7. The van der Waals surface area contributed by atoms with Crippen LogP contribution in [-0.2, 0) is 0 Å². The van der Waals surface area contributed by atoms with Crippen LogP contribution in [0.4, 0.5) is 0 Å². The molecular weight excluding hydrogens is 256 g/mol. The molecular formula is C15H22N2O3. The van der Waals surface area contributed by atoms with Gasteiger partial charge in [0.15, 0.2) is 11.5 Å². The second-order valence-corrected chi connectivity index (χ2v) is 5.25. The van der Waals surface area contributed by atoms with Crippen LogP contribution in [0.25, 0.3) is 0 Å². The van der Waals surface area contributed by atoms with E-state index in [1.165, 1.54) is 19.6 Å². The molecule has 0 radical (unpaired) electrons. The maximum atomic E-state index is 12.2. The van der Waals surface area contributed by atoms with Crippen molar-refractivity contribution in [1.82, 2.24) is 5.32 Å². The molecule has 110 valence electrons. The number of methoxy groups -OCH3 is 1. The summed E-state index contributed by atoms with van der Waals surface area (Å²) in [7, 11) is 1.47. The van der Waals surface area contributed by atoms with Crippen LogP contribution in [-0.4, -0.2) is 30.7 Å². The van der Waals surface area contributed by atoms with Crippen molar-refractivity contribution in [3.63, 3.8) is 0 Å². The number of carbonyl (C=O) groups excluding carboxylic acids is 1. The molecule has 0 saturated heterocycles. The van der Waals surface area contributed by atoms with Gasteiger partial charge in [-0.05, 0) is 43.5 Å². The molecule has 1 aromatic carbocycles. The fourth-order valence-corrected chi connectivity index (χ4v) is 2.76. The number of amides is 1. The highest BCUT2D eigenvalue weighted by Crippen LogP contribution is 2.27. The molecule has 1 aliphatic rings. The van der Waals surface area contributed by atoms with Gasteiger partial charge in [0, 0.05) is 11.6 Å². The highest BCUT2D eigenvalue weighted by molar-refractivity contribution is 5.95. The van der Waals surface area contributed by atoms with Crippen LogP contribution in [0, 0.1) is 5.92 Å². The van der Waals surface area contributed by atoms with Gasteiger partial charge in [-0.3, -0.25) is 4.79 Å². The number of rotatable bonds is 4. The van der Waals surface area contributed by atoms with Crippen molar-refractivity contribution in [2.45, 2.75) is 31.7 Å². The van der Waals surface area contributed by atoms with Crippen molar-refractivity contribution in [1.29, 1.82) is 0 Å². The van der Waals surface area contributed by atoms with E-state index in [2.05, 4.69) is 5.32 Å². The average molecular weight is 278 g/mol. The van der Waals surface area contributed by atoms with Crippen molar-refractivity contribution in [3.8, 4) is 11.5 Å². The van der Waals surface area contributed by atoms with Crippen molar-refractivity contribution >= 4 is 5.91 Å². The Bertz CT molecular complexity index is 476. The zero-order valence-electron chi connectivity index (χ0n) is 11.8. The molecule has 5 nitrogen and oxygen atoms in total. The Morgan fingerprint density at radius 3 is 2.85 bits per heavy atom. The van der Waals surface area contributed by atoms with Gasteiger partial charge >= 0.3 is 0 Å². The fourth-order valence-electron chi connectivity index (χ4n) is 2.76. The number of nitrogens with one attached hydrogen (secondary N) is 1. The van der Waals surface area contributed by atoms with Crippen LogP contribution < -0.4 is 15.8 Å². The van der Waals surface area contributed by atoms with E-state index in [9.17, 15) is 9.90 Å². The standard InChI is InChI=1S/C15H22N2O3/c1-20-14-7-6-10(8-13(14)18)15(19)17-12-5-3-2-4-11(12)9-16/h6-8,11-12,18H,2-5,9,16H2,1H3,(H,17,19). The predicted molar refractivity (Wildman–Crippen MR) is 76.9 cm³/mol. The van der Waals surface area contributed by atoms with Crippen LogP contribution in [0.1, 0.15) is 36.0 Å². The molecule has 1 aliphatic carbocycles. The zero-order chi connectivity index (χ0) is 14.5. The Labute approximate surface area is 119 Å². The molecule has 2 rings (SSSR count). The number of benzene rings is 1. The third-order valence-corrected chi connectivity index (χ3v) is 3.97. The van der Waals surface area contributed by atoms with Gasteiger partial charge in [0.1, 0.15) is 0 Å². The van der Waals surface area contributed by atoms with Crippen LogP contribution in [0.5, 0.6) is 11.5 Å². The first-order valence-electron chi connectivity index (χ1n) is 7.03. The van der Waals surface area contributed by atoms with Gasteiger partial charge in [0.25, 0.3) is 5.91 Å². The van der Waals surface area contributed by atoms with Gasteiger partial charge in [0.2, 0.25) is 0 Å². The fraction of sp³-hybridized carbons (Fsp3) is 0.533. The monoisotopic (exact) mass is 278 g/mol. The summed E-state index contributed by atoms with van der Waals surface area (Å²) < 4.78 is 4.97. The van der Waals surface area contributed by atoms with Gasteiger partial charge in [0.05, 0.1) is 7.11 Å². The third kappa shape index (κ3) is 3.22. The smallest absolute Gasteiger partial charge is 0.251 e. The van der Waals surface area contributed by atoms with Crippen molar-refractivity contribution in [3.05, 3.63) is 23.8 Å². The van der Waals surface area contributed by atoms with Crippen LogP contribution >= 0.6 is 0 Å². The number of aromatic hydroxyl groups is 1. The van der Waals surface area contributed by atoms with Gasteiger partial charge < -0.3 is 20.9 Å². The number of phenolic OH excluding ortho intramolecular Hbond substituents is 1. The van der Waals surface area contributed by atoms with Gasteiger partial charge in [-0.2, -0.15) is 0 Å². The molecule has 1 saturated carbocycles. The minimum atomic E-state index is -0.173. The maximum Gasteiger partial charge on any atom is 0.251 e. The molecule has 5 heteroatoms. The van der Waals surface area contributed by atoms with Crippen molar-refractivity contribution < 1.29 is 14.6 Å². The lowest BCUT2D eigenvalue weighted by Crippen LogP contribution is -2.44. The highest BCUT2D eigenvalue weighted by Gasteiger charge is 2.25. The van der Waals surface area contributed by atoms with Crippen LogP contribution in [0.15, 0.2) is 18.2 Å². The van der Waals surface area contributed by atoms with Crippen LogP contribution in [0.3, 0.4) is 0 Å². The average Bonchev–Trinajstić information content (AvgIpc) is 2.47. The minimum absolute atomic E-state index is 0.0285. The van der Waals surface area contributed by atoms with Gasteiger partial charge in [-0.15, -0.1) is 0 Å². The SMILES string of the molecule is COc1ccc(C(=O)NC2CCCCC2CN)cc1O. The zero-order valence-corrected chi connectivity index (χ0v) is 11.8. The normalized spacial score (nSPS) is 22.3. The Kier molecular flexibility index (Phi) is 4.84. The summed E-state index contributed by atoms with van der Waals surface area (Å²) in [6.07, 6.45) is 4.33. The Morgan fingerprint density at radius 2 is 2.20 bits per heavy atom. The highest BCUT2D eigenvalue weighted by atomic mass is 16.5. The summed E-state index contributed by atoms with van der Waals surface area (Å²) in [5.74, 6) is 0.506. The van der Waals surface area contributed by atoms with E-state index >= 15 is 0 Å². The largest absolute Gasteiger partial charge is 0.504 e. The molecule has 1 fully saturated rings. The molecule has 2 unspecified atom stereocenters. The molecule has 1 aromatic rings. The number of hydrogen-bond acceptors (Lipinski definition) is 4. The summed E-state index contributed by atoms with van der Waals surface area (Å²) >= 11 is 0. The second-order valence-electron chi connectivity index (χ2n) is 5.25. The van der Waals surface area contributed by atoms with E-state index in [1.54, 1.807) is 12.1 Å². The van der Waals surface area contributed by atoms with E-state index in [1.807, 2.05) is 0 Å². The molecule has 2 atom stereocenters. The van der Waals surface area contributed by atoms with E-state index in [4.69, 9.17) is 10.5 Å². The lowest BCUT2D eigenvalue weighted by Gasteiger charge is -2.31. The van der Waals surface area contributed by atoms with Crippen molar-refractivity contribution in [2.24, 2.45) is 11.7 Å². The molecule has 0 aromatic heterocycles. The third-order valence-electron chi connectivity index (χ3n) is 3.97. The summed E-state index contributed by atoms with van der Waals surface area (Å²) in [6, 6.07) is 4.79. The molecule has 0 aliphatic heterocycles. The molecule has 0 bridgehead atoms. The van der Waals surface area contributed by atoms with E-state index in [0.29, 0.717) is 23.8 Å². The van der Waals surface area contributed by atoms with Crippen LogP contribution in [0.2, 0.25) is 0 Å². The lowest BCUT2D eigenvalue weighted by atomic mass is 9.84. The maximum absolute atomic E-state index is 12.2. The quantitative estimate of drug-likeness (QED) is 0.782. The summed E-state index contributed by atoms with van der Waals surface area (Å²) in [5.41, 5.74) is 6.20. The number of hydrogen-bond donors (Lipinski definition) is 3. The number of phenols is 1. The number of ether oxygens (including phenoxy) is 1. The van der Waals surface area contributed by atoms with E-state index in [-0.39, 0.29) is 17.7 Å². The number of nitrogens with two attached hydrogens (primary N) is 1. The first-order chi connectivity index (χ1) is 9.65.